The Hall–Kier alpha value is -0.890. The van der Waals surface area contributed by atoms with E-state index >= 15 is 0 Å². The summed E-state index contributed by atoms with van der Waals surface area (Å²) in [5, 5.41) is 6.42. The van der Waals surface area contributed by atoms with Gasteiger partial charge in [0.15, 0.2) is 5.96 Å². The topological polar surface area (TPSA) is 58.5 Å². The zero-order valence-electron chi connectivity index (χ0n) is 11.6. The minimum Gasteiger partial charge on any atom is -0.380 e. The smallest absolute Gasteiger partial charge is 0.191 e. The molecule has 1 aromatic heterocycles. The monoisotopic (exact) mass is 378 g/mol. The van der Waals surface area contributed by atoms with Crippen LogP contribution in [0.1, 0.15) is 12.6 Å². The minimum atomic E-state index is 0. The quantitative estimate of drug-likeness (QED) is 0.326. The first-order chi connectivity index (χ1) is 8.86. The predicted molar refractivity (Wildman–Crippen MR) is 89.2 cm³/mol. The summed E-state index contributed by atoms with van der Waals surface area (Å²) in [6.45, 7) is 4.99. The Bertz CT molecular complexity index is 346. The van der Waals surface area contributed by atoms with Crippen molar-refractivity contribution in [3.8, 4) is 0 Å². The van der Waals surface area contributed by atoms with Crippen LogP contribution in [0, 0.1) is 0 Å². The van der Waals surface area contributed by atoms with E-state index < -0.39 is 0 Å². The lowest BCUT2D eigenvalue weighted by molar-refractivity contribution is 0.152. The zero-order chi connectivity index (χ0) is 13.1. The summed E-state index contributed by atoms with van der Waals surface area (Å²) < 4.78 is 5.25. The van der Waals surface area contributed by atoms with E-state index in [1.54, 1.807) is 7.05 Å². The fourth-order valence-electron chi connectivity index (χ4n) is 1.46. The summed E-state index contributed by atoms with van der Waals surface area (Å²) in [6.07, 6.45) is 2.69. The number of aromatic nitrogens is 1. The van der Waals surface area contributed by atoms with E-state index in [4.69, 9.17) is 4.74 Å². The molecule has 0 aliphatic heterocycles. The van der Waals surface area contributed by atoms with Gasteiger partial charge in [0, 0.05) is 45.1 Å². The lowest BCUT2D eigenvalue weighted by Gasteiger charge is -2.11. The van der Waals surface area contributed by atoms with E-state index in [9.17, 15) is 0 Å². The van der Waals surface area contributed by atoms with E-state index in [0.29, 0.717) is 6.61 Å². The molecule has 0 spiro atoms. The van der Waals surface area contributed by atoms with Crippen molar-refractivity contribution in [2.45, 2.75) is 13.3 Å². The molecule has 0 unspecified atom stereocenters. The molecule has 0 saturated carbocycles. The number of aliphatic imine (C=N–C) groups is 1. The van der Waals surface area contributed by atoms with E-state index in [1.807, 2.05) is 31.3 Å². The molecule has 0 aliphatic carbocycles. The van der Waals surface area contributed by atoms with E-state index in [2.05, 4.69) is 20.6 Å². The second-order valence-corrected chi connectivity index (χ2v) is 3.69. The summed E-state index contributed by atoms with van der Waals surface area (Å²) in [7, 11) is 1.76. The van der Waals surface area contributed by atoms with Crippen molar-refractivity contribution in [1.82, 2.24) is 15.6 Å². The Morgan fingerprint density at radius 3 is 2.74 bits per heavy atom. The Morgan fingerprint density at radius 2 is 2.11 bits per heavy atom. The van der Waals surface area contributed by atoms with Gasteiger partial charge in [-0.05, 0) is 19.1 Å². The number of ether oxygens (including phenoxy) is 1. The highest BCUT2D eigenvalue weighted by Gasteiger charge is 1.97. The second kappa shape index (κ2) is 12.2. The molecule has 0 radical (unpaired) electrons. The van der Waals surface area contributed by atoms with Crippen molar-refractivity contribution in [3.63, 3.8) is 0 Å². The maximum Gasteiger partial charge on any atom is 0.191 e. The van der Waals surface area contributed by atoms with Gasteiger partial charge in [-0.25, -0.2) is 0 Å². The van der Waals surface area contributed by atoms with Crippen LogP contribution in [0.2, 0.25) is 0 Å². The number of halogens is 1. The van der Waals surface area contributed by atoms with Crippen molar-refractivity contribution in [2.75, 3.05) is 33.4 Å². The molecule has 5 nitrogen and oxygen atoms in total. The standard InChI is InChI=1S/C13H22N4O.HI/c1-3-18-11-10-17-13(14-2)16-9-7-12-6-4-5-8-15-12;/h4-6,8H,3,7,9-11H2,1-2H3,(H2,14,16,17);1H. The van der Waals surface area contributed by atoms with Crippen molar-refractivity contribution >= 4 is 29.9 Å². The molecule has 0 aromatic carbocycles. The molecule has 1 aromatic rings. The van der Waals surface area contributed by atoms with Crippen molar-refractivity contribution < 1.29 is 4.74 Å². The van der Waals surface area contributed by atoms with Gasteiger partial charge in [0.25, 0.3) is 0 Å². The predicted octanol–water partition coefficient (Wildman–Crippen LogP) is 1.44. The van der Waals surface area contributed by atoms with Crippen LogP contribution in [0.3, 0.4) is 0 Å². The van der Waals surface area contributed by atoms with Crippen LogP contribution in [-0.4, -0.2) is 44.3 Å². The van der Waals surface area contributed by atoms with Gasteiger partial charge in [0.1, 0.15) is 0 Å². The van der Waals surface area contributed by atoms with Gasteiger partial charge in [0.2, 0.25) is 0 Å². The average Bonchev–Trinajstić information content (AvgIpc) is 2.42. The molecule has 0 atom stereocenters. The SMILES string of the molecule is CCOCCNC(=NC)NCCc1ccccn1.I. The lowest BCUT2D eigenvalue weighted by Crippen LogP contribution is -2.39. The molecular formula is C13H23IN4O. The maximum atomic E-state index is 5.25. The summed E-state index contributed by atoms with van der Waals surface area (Å²) in [5.41, 5.74) is 1.08. The first-order valence-electron chi connectivity index (χ1n) is 6.29. The van der Waals surface area contributed by atoms with Gasteiger partial charge >= 0.3 is 0 Å². The summed E-state index contributed by atoms with van der Waals surface area (Å²) in [6, 6.07) is 5.94. The van der Waals surface area contributed by atoms with Crippen LogP contribution in [0.4, 0.5) is 0 Å². The van der Waals surface area contributed by atoms with E-state index in [1.165, 1.54) is 0 Å². The normalized spacial score (nSPS) is 10.7. The molecule has 2 N–H and O–H groups in total. The van der Waals surface area contributed by atoms with Crippen LogP contribution in [0.5, 0.6) is 0 Å². The third-order valence-corrected chi connectivity index (χ3v) is 2.37. The Labute approximate surface area is 132 Å². The molecule has 0 bridgehead atoms. The van der Waals surface area contributed by atoms with Crippen molar-refractivity contribution in [2.24, 2.45) is 4.99 Å². The maximum absolute atomic E-state index is 5.25. The van der Waals surface area contributed by atoms with Gasteiger partial charge in [0.05, 0.1) is 6.61 Å². The summed E-state index contributed by atoms with van der Waals surface area (Å²) in [4.78, 5) is 8.40. The van der Waals surface area contributed by atoms with Crippen LogP contribution >= 0.6 is 24.0 Å². The minimum absolute atomic E-state index is 0. The highest BCUT2D eigenvalue weighted by atomic mass is 127. The lowest BCUT2D eigenvalue weighted by atomic mass is 10.3. The molecule has 1 rings (SSSR count). The fourth-order valence-corrected chi connectivity index (χ4v) is 1.46. The zero-order valence-corrected chi connectivity index (χ0v) is 13.9. The molecule has 19 heavy (non-hydrogen) atoms. The number of hydrogen-bond acceptors (Lipinski definition) is 3. The first-order valence-corrected chi connectivity index (χ1v) is 6.29. The van der Waals surface area contributed by atoms with Gasteiger partial charge in [-0.1, -0.05) is 6.07 Å². The molecule has 1 heterocycles. The van der Waals surface area contributed by atoms with Crippen LogP contribution in [-0.2, 0) is 11.2 Å². The Morgan fingerprint density at radius 1 is 1.32 bits per heavy atom. The Balaban J connectivity index is 0.00000324. The molecule has 0 aliphatic rings. The third-order valence-electron chi connectivity index (χ3n) is 2.37. The van der Waals surface area contributed by atoms with E-state index in [0.717, 1.165) is 37.8 Å². The average molecular weight is 378 g/mol. The van der Waals surface area contributed by atoms with Gasteiger partial charge in [-0.15, -0.1) is 24.0 Å². The third kappa shape index (κ3) is 8.77. The van der Waals surface area contributed by atoms with Crippen LogP contribution in [0.25, 0.3) is 0 Å². The van der Waals surface area contributed by atoms with Crippen LogP contribution in [0.15, 0.2) is 29.4 Å². The van der Waals surface area contributed by atoms with Crippen molar-refractivity contribution in [3.05, 3.63) is 30.1 Å². The second-order valence-electron chi connectivity index (χ2n) is 3.69. The first kappa shape index (κ1) is 18.1. The molecular weight excluding hydrogens is 355 g/mol. The highest BCUT2D eigenvalue weighted by Crippen LogP contribution is 1.92. The molecule has 0 amide bonds. The van der Waals surface area contributed by atoms with Crippen LogP contribution < -0.4 is 10.6 Å². The molecule has 0 fully saturated rings. The van der Waals surface area contributed by atoms with Gasteiger partial charge in [-0.2, -0.15) is 0 Å². The molecule has 108 valence electrons. The van der Waals surface area contributed by atoms with E-state index in [-0.39, 0.29) is 24.0 Å². The number of guanidine groups is 1. The van der Waals surface area contributed by atoms with Crippen molar-refractivity contribution in [1.29, 1.82) is 0 Å². The largest absolute Gasteiger partial charge is 0.380 e. The van der Waals surface area contributed by atoms with Gasteiger partial charge in [-0.3, -0.25) is 9.98 Å². The summed E-state index contributed by atoms with van der Waals surface area (Å²) >= 11 is 0. The Kier molecular flexibility index (Phi) is 11.6. The van der Waals surface area contributed by atoms with Gasteiger partial charge < -0.3 is 15.4 Å². The number of pyridine rings is 1. The fraction of sp³-hybridized carbons (Fsp3) is 0.538. The number of rotatable bonds is 7. The number of nitrogens with zero attached hydrogens (tertiary/aromatic N) is 2. The molecule has 6 heteroatoms. The number of nitrogens with one attached hydrogen (secondary N) is 2. The summed E-state index contributed by atoms with van der Waals surface area (Å²) in [5.74, 6) is 0.797. The molecule has 0 saturated heterocycles. The number of hydrogen-bond donors (Lipinski definition) is 2. The highest BCUT2D eigenvalue weighted by molar-refractivity contribution is 14.0.